The number of rotatable bonds is 11. The minimum Gasteiger partial charge on any atom is -0.497 e. The van der Waals surface area contributed by atoms with Gasteiger partial charge >= 0.3 is 5.97 Å². The monoisotopic (exact) mass is 596 g/mol. The molecule has 0 bridgehead atoms. The molecule has 0 aliphatic carbocycles. The maximum atomic E-state index is 13.7. The first kappa shape index (κ1) is 30.0. The number of pyridine rings is 2. The normalized spacial score (nSPS) is 11.6. The third kappa shape index (κ3) is 6.45. The van der Waals surface area contributed by atoms with E-state index in [0.29, 0.717) is 34.1 Å². The van der Waals surface area contributed by atoms with Gasteiger partial charge in [0, 0.05) is 17.6 Å². The van der Waals surface area contributed by atoms with E-state index in [4.69, 9.17) is 14.2 Å². The van der Waals surface area contributed by atoms with Crippen LogP contribution in [-0.2, 0) is 16.1 Å². The van der Waals surface area contributed by atoms with Gasteiger partial charge < -0.3 is 24.8 Å². The molecular weight excluding hydrogens is 564 g/mol. The first-order chi connectivity index (χ1) is 21.3. The van der Waals surface area contributed by atoms with Crippen molar-refractivity contribution in [3.63, 3.8) is 0 Å². The molecule has 0 fully saturated rings. The van der Waals surface area contributed by atoms with Crippen molar-refractivity contribution in [2.75, 3.05) is 26.0 Å². The molecule has 0 aliphatic rings. The SMILES string of the molecule is CNCC(=O)O[C@H](C)Cn1c(C)c(C(=O)Nc2ccc(Oc3ccnc4cc(OC)ccc34)cn2)c(=O)n1-c1ccccc1. The molecule has 1 atom stereocenters. The molecule has 5 aromatic rings. The lowest BCUT2D eigenvalue weighted by Crippen LogP contribution is -2.30. The predicted octanol–water partition coefficient (Wildman–Crippen LogP) is 4.09. The van der Waals surface area contributed by atoms with Gasteiger partial charge in [-0.05, 0) is 63.4 Å². The average Bonchev–Trinajstić information content (AvgIpc) is 3.26. The molecule has 1 amide bonds. The van der Waals surface area contributed by atoms with E-state index in [1.54, 1.807) is 81.3 Å². The minimum absolute atomic E-state index is 0.0524. The lowest BCUT2D eigenvalue weighted by Gasteiger charge is -2.18. The van der Waals surface area contributed by atoms with Crippen molar-refractivity contribution in [3.8, 4) is 22.9 Å². The van der Waals surface area contributed by atoms with Crippen LogP contribution in [0.4, 0.5) is 5.82 Å². The van der Waals surface area contributed by atoms with Crippen molar-refractivity contribution in [2.24, 2.45) is 0 Å². The second-order valence-electron chi connectivity index (χ2n) is 9.95. The summed E-state index contributed by atoms with van der Waals surface area (Å²) in [6, 6.07) is 19.5. The Hall–Kier alpha value is -5.49. The van der Waals surface area contributed by atoms with Crippen LogP contribution in [0.2, 0.25) is 0 Å². The fourth-order valence-corrected chi connectivity index (χ4v) is 4.78. The van der Waals surface area contributed by atoms with Crippen molar-refractivity contribution in [2.45, 2.75) is 26.5 Å². The average molecular weight is 597 g/mol. The van der Waals surface area contributed by atoms with Crippen LogP contribution in [0.15, 0.2) is 83.9 Å². The van der Waals surface area contributed by atoms with E-state index in [2.05, 4.69) is 20.6 Å². The lowest BCUT2D eigenvalue weighted by molar-refractivity contribution is -0.147. The standard InChI is InChI=1S/C32H32N6O6/c1-20(43-29(39)18-33-3)19-37-21(2)30(32(41)38(37)22-8-6-5-7-9-22)31(40)36-28-13-11-24(17-35-28)44-27-14-15-34-26-16-23(42-4)10-12-25(26)27/h5-17,20,33H,18-19H2,1-4H3,(H,35,36,40)/t20-/m1/s1. The summed E-state index contributed by atoms with van der Waals surface area (Å²) in [5.74, 6) is 0.909. The van der Waals surface area contributed by atoms with E-state index in [9.17, 15) is 14.4 Å². The molecule has 0 saturated carbocycles. The van der Waals surface area contributed by atoms with Crippen LogP contribution >= 0.6 is 0 Å². The second-order valence-corrected chi connectivity index (χ2v) is 9.95. The number of para-hydroxylation sites is 1. The number of carbonyl (C=O) groups is 2. The Balaban J connectivity index is 1.37. The Morgan fingerprint density at radius 2 is 1.77 bits per heavy atom. The van der Waals surface area contributed by atoms with Gasteiger partial charge in [0.1, 0.15) is 34.7 Å². The minimum atomic E-state index is -0.619. The number of esters is 1. The van der Waals surface area contributed by atoms with E-state index in [-0.39, 0.29) is 24.5 Å². The zero-order valence-corrected chi connectivity index (χ0v) is 24.7. The highest BCUT2D eigenvalue weighted by Gasteiger charge is 2.25. The molecule has 44 heavy (non-hydrogen) atoms. The van der Waals surface area contributed by atoms with Crippen molar-refractivity contribution in [3.05, 3.63) is 101 Å². The number of anilines is 1. The van der Waals surface area contributed by atoms with Crippen LogP contribution in [-0.4, -0.2) is 58.0 Å². The summed E-state index contributed by atoms with van der Waals surface area (Å²) in [6.07, 6.45) is 2.55. The first-order valence-electron chi connectivity index (χ1n) is 13.9. The number of fused-ring (bicyclic) bond motifs is 1. The summed E-state index contributed by atoms with van der Waals surface area (Å²) in [5, 5.41) is 6.27. The topological polar surface area (TPSA) is 139 Å². The fraction of sp³-hybridized carbons (Fsp3) is 0.219. The number of benzene rings is 2. The van der Waals surface area contributed by atoms with Gasteiger partial charge in [-0.3, -0.25) is 24.0 Å². The van der Waals surface area contributed by atoms with Gasteiger partial charge in [-0.25, -0.2) is 9.67 Å². The molecule has 5 rings (SSSR count). The summed E-state index contributed by atoms with van der Waals surface area (Å²) in [4.78, 5) is 47.8. The van der Waals surface area contributed by atoms with Crippen molar-refractivity contribution in [1.82, 2.24) is 24.6 Å². The Morgan fingerprint density at radius 3 is 2.48 bits per heavy atom. The molecule has 2 aromatic carbocycles. The van der Waals surface area contributed by atoms with Crippen LogP contribution in [0.3, 0.4) is 0 Å². The van der Waals surface area contributed by atoms with Gasteiger partial charge in [0.05, 0.1) is 43.3 Å². The third-order valence-corrected chi connectivity index (χ3v) is 6.82. The molecule has 0 radical (unpaired) electrons. The Kier molecular flexibility index (Phi) is 9.01. The second kappa shape index (κ2) is 13.2. The number of amides is 1. The molecular formula is C32H32N6O6. The number of hydrogen-bond acceptors (Lipinski definition) is 9. The number of carbonyl (C=O) groups excluding carboxylic acids is 2. The zero-order valence-electron chi connectivity index (χ0n) is 24.7. The van der Waals surface area contributed by atoms with Gasteiger partial charge in [0.15, 0.2) is 0 Å². The smallest absolute Gasteiger partial charge is 0.320 e. The van der Waals surface area contributed by atoms with E-state index in [0.717, 1.165) is 5.39 Å². The van der Waals surface area contributed by atoms with E-state index < -0.39 is 23.5 Å². The summed E-state index contributed by atoms with van der Waals surface area (Å²) >= 11 is 0. The number of aromatic nitrogens is 4. The lowest BCUT2D eigenvalue weighted by atomic mass is 10.2. The maximum absolute atomic E-state index is 13.7. The predicted molar refractivity (Wildman–Crippen MR) is 165 cm³/mol. The number of methoxy groups -OCH3 is 1. The van der Waals surface area contributed by atoms with Crippen LogP contribution in [0.5, 0.6) is 17.2 Å². The van der Waals surface area contributed by atoms with E-state index in [1.165, 1.54) is 10.9 Å². The highest BCUT2D eigenvalue weighted by atomic mass is 16.5. The summed E-state index contributed by atoms with van der Waals surface area (Å²) in [7, 11) is 3.24. The third-order valence-electron chi connectivity index (χ3n) is 6.82. The number of nitrogens with zero attached hydrogens (tertiary/aromatic N) is 4. The molecule has 0 aliphatic heterocycles. The molecule has 3 heterocycles. The highest BCUT2D eigenvalue weighted by Crippen LogP contribution is 2.30. The van der Waals surface area contributed by atoms with Crippen LogP contribution < -0.4 is 25.7 Å². The van der Waals surface area contributed by atoms with Gasteiger partial charge in [-0.15, -0.1) is 0 Å². The van der Waals surface area contributed by atoms with Crippen molar-refractivity contribution < 1.29 is 23.8 Å². The quantitative estimate of drug-likeness (QED) is 0.216. The molecule has 3 aromatic heterocycles. The van der Waals surface area contributed by atoms with Crippen LogP contribution in [0, 0.1) is 6.92 Å². The number of hydrogen-bond donors (Lipinski definition) is 2. The largest absolute Gasteiger partial charge is 0.497 e. The number of likely N-dealkylation sites (N-methyl/N-ethyl adjacent to an activating group) is 1. The van der Waals surface area contributed by atoms with Crippen LogP contribution in [0.25, 0.3) is 16.6 Å². The molecule has 12 nitrogen and oxygen atoms in total. The highest BCUT2D eigenvalue weighted by molar-refractivity contribution is 6.04. The van der Waals surface area contributed by atoms with Gasteiger partial charge in [0.2, 0.25) is 0 Å². The summed E-state index contributed by atoms with van der Waals surface area (Å²) in [5.41, 5.74) is 1.13. The Morgan fingerprint density at radius 1 is 1.00 bits per heavy atom. The van der Waals surface area contributed by atoms with E-state index >= 15 is 0 Å². The zero-order chi connectivity index (χ0) is 31.2. The number of nitrogens with one attached hydrogen (secondary N) is 2. The molecule has 12 heteroatoms. The van der Waals surface area contributed by atoms with Crippen molar-refractivity contribution >= 4 is 28.6 Å². The summed E-state index contributed by atoms with van der Waals surface area (Å²) < 4.78 is 19.8. The molecule has 0 spiro atoms. The van der Waals surface area contributed by atoms with Crippen molar-refractivity contribution in [1.29, 1.82) is 0 Å². The Bertz CT molecular complexity index is 1850. The molecule has 0 saturated heterocycles. The molecule has 2 N–H and O–H groups in total. The van der Waals surface area contributed by atoms with Crippen LogP contribution in [0.1, 0.15) is 23.0 Å². The summed E-state index contributed by atoms with van der Waals surface area (Å²) in [6.45, 7) is 3.61. The first-order valence-corrected chi connectivity index (χ1v) is 13.9. The fourth-order valence-electron chi connectivity index (χ4n) is 4.78. The Labute approximate surface area is 253 Å². The van der Waals surface area contributed by atoms with Gasteiger partial charge in [0.25, 0.3) is 11.5 Å². The molecule has 226 valence electrons. The number of ether oxygens (including phenoxy) is 3. The van der Waals surface area contributed by atoms with Gasteiger partial charge in [-0.2, -0.15) is 0 Å². The maximum Gasteiger partial charge on any atom is 0.320 e. The molecule has 0 unspecified atom stereocenters. The van der Waals surface area contributed by atoms with E-state index in [1.807, 2.05) is 24.3 Å². The van der Waals surface area contributed by atoms with Gasteiger partial charge in [-0.1, -0.05) is 18.2 Å².